The summed E-state index contributed by atoms with van der Waals surface area (Å²) in [4.78, 5) is 12.8. The molecule has 9 heteroatoms. The van der Waals surface area contributed by atoms with Gasteiger partial charge in [0.2, 0.25) is 5.75 Å². The number of halogens is 3. The highest BCUT2D eigenvalue weighted by atomic mass is 32.2. The van der Waals surface area contributed by atoms with Crippen LogP contribution in [0.1, 0.15) is 42.5 Å². The Balaban J connectivity index is 2.14. The topological polar surface area (TPSA) is 65.4 Å². The Hall–Kier alpha value is -2.29. The monoisotopic (exact) mass is 401 g/mol. The van der Waals surface area contributed by atoms with E-state index in [0.29, 0.717) is 17.7 Å². The minimum atomic E-state index is -5.92. The highest BCUT2D eigenvalue weighted by Gasteiger charge is 2.49. The molecule has 0 saturated heterocycles. The minimum Gasteiger partial charge on any atom is -0.370 e. The van der Waals surface area contributed by atoms with Crippen LogP contribution in [-0.2, 0) is 23.1 Å². The van der Waals surface area contributed by atoms with Gasteiger partial charge in [-0.1, -0.05) is 37.3 Å². The van der Waals surface area contributed by atoms with Crippen molar-refractivity contribution in [3.63, 3.8) is 0 Å². The Kier molecular flexibility index (Phi) is 5.07. The normalized spacial score (nSPS) is 17.4. The second-order valence-corrected chi connectivity index (χ2v) is 8.10. The Morgan fingerprint density at radius 1 is 1.22 bits per heavy atom. The third-order valence-corrected chi connectivity index (χ3v) is 5.62. The highest BCUT2D eigenvalue weighted by molar-refractivity contribution is 7.88. The van der Waals surface area contributed by atoms with Crippen LogP contribution in [-0.4, -0.2) is 18.5 Å². The van der Waals surface area contributed by atoms with Crippen molar-refractivity contribution in [2.24, 2.45) is 0 Å². The standard InChI is InChI=1S/C18H18F3NO4S/c1-12-6-5-9-15-14(12)10-16(26-27(24,25)18(19,20)21)17(23)22(15)11-13-7-3-2-4-8-13/h2-4,7-8,10,12H,5-6,9,11H2,1H3. The fraction of sp³-hybridized carbons (Fsp3) is 0.389. The van der Waals surface area contributed by atoms with E-state index in [-0.39, 0.29) is 12.5 Å². The van der Waals surface area contributed by atoms with Crippen molar-refractivity contribution >= 4 is 10.1 Å². The van der Waals surface area contributed by atoms with E-state index in [2.05, 4.69) is 4.18 Å². The Morgan fingerprint density at radius 3 is 2.52 bits per heavy atom. The van der Waals surface area contributed by atoms with E-state index in [4.69, 9.17) is 0 Å². The number of hydrogen-bond acceptors (Lipinski definition) is 4. The van der Waals surface area contributed by atoms with Gasteiger partial charge in [0.05, 0.1) is 6.54 Å². The molecule has 1 aromatic carbocycles. The molecule has 146 valence electrons. The van der Waals surface area contributed by atoms with E-state index in [0.717, 1.165) is 24.5 Å². The first-order valence-corrected chi connectivity index (χ1v) is 9.82. The number of rotatable bonds is 4. The van der Waals surface area contributed by atoms with E-state index in [1.54, 1.807) is 30.3 Å². The summed E-state index contributed by atoms with van der Waals surface area (Å²) in [5.74, 6) is -0.844. The Bertz CT molecular complexity index is 998. The molecular weight excluding hydrogens is 383 g/mol. The number of nitrogens with zero attached hydrogens (tertiary/aromatic N) is 1. The van der Waals surface area contributed by atoms with E-state index in [9.17, 15) is 26.4 Å². The molecule has 0 bridgehead atoms. The van der Waals surface area contributed by atoms with Gasteiger partial charge >= 0.3 is 15.6 Å². The SMILES string of the molecule is CC1CCCc2c1cc(OS(=O)(=O)C(F)(F)F)c(=O)n2Cc1ccccc1. The van der Waals surface area contributed by atoms with Crippen LogP contribution < -0.4 is 9.74 Å². The van der Waals surface area contributed by atoms with Crippen LogP contribution in [0.5, 0.6) is 5.75 Å². The van der Waals surface area contributed by atoms with E-state index >= 15 is 0 Å². The molecule has 0 spiro atoms. The van der Waals surface area contributed by atoms with Gasteiger partial charge in [-0.2, -0.15) is 21.6 Å². The number of aromatic nitrogens is 1. The van der Waals surface area contributed by atoms with Crippen molar-refractivity contribution in [3.05, 3.63) is 63.6 Å². The summed E-state index contributed by atoms with van der Waals surface area (Å²) in [7, 11) is -5.92. The summed E-state index contributed by atoms with van der Waals surface area (Å²) < 4.78 is 66.4. The first-order valence-electron chi connectivity index (χ1n) is 8.41. The fourth-order valence-electron chi connectivity index (χ4n) is 3.29. The molecule has 0 aliphatic heterocycles. The Labute approximate surface area is 154 Å². The molecule has 3 rings (SSSR count). The fourth-order valence-corrected chi connectivity index (χ4v) is 3.74. The molecule has 2 aromatic rings. The molecule has 0 saturated carbocycles. The van der Waals surface area contributed by atoms with E-state index in [1.165, 1.54) is 4.57 Å². The second-order valence-electron chi connectivity index (χ2n) is 6.56. The lowest BCUT2D eigenvalue weighted by atomic mass is 9.86. The quantitative estimate of drug-likeness (QED) is 0.580. The van der Waals surface area contributed by atoms with Crippen LogP contribution in [0.3, 0.4) is 0 Å². The molecule has 1 aliphatic carbocycles. The van der Waals surface area contributed by atoms with Crippen LogP contribution in [0, 0.1) is 0 Å². The average molecular weight is 401 g/mol. The maximum Gasteiger partial charge on any atom is 0.534 e. The van der Waals surface area contributed by atoms with Gasteiger partial charge in [0, 0.05) is 5.69 Å². The van der Waals surface area contributed by atoms with Crippen molar-refractivity contribution in [2.45, 2.75) is 44.2 Å². The first kappa shape index (κ1) is 19.5. The number of benzene rings is 1. The van der Waals surface area contributed by atoms with E-state index in [1.807, 2.05) is 6.92 Å². The maximum absolute atomic E-state index is 12.8. The molecule has 1 unspecified atom stereocenters. The summed E-state index contributed by atoms with van der Waals surface area (Å²) in [5.41, 5.74) is -4.37. The Morgan fingerprint density at radius 2 is 1.89 bits per heavy atom. The van der Waals surface area contributed by atoms with Crippen molar-refractivity contribution < 1.29 is 25.8 Å². The molecule has 0 fully saturated rings. The van der Waals surface area contributed by atoms with Crippen LogP contribution in [0.4, 0.5) is 13.2 Å². The summed E-state index contributed by atoms with van der Waals surface area (Å²) in [5, 5.41) is 0. The maximum atomic E-state index is 12.8. The third kappa shape index (κ3) is 3.87. The van der Waals surface area contributed by atoms with Gasteiger partial charge in [-0.05, 0) is 42.4 Å². The molecule has 0 radical (unpaired) electrons. The smallest absolute Gasteiger partial charge is 0.370 e. The predicted molar refractivity (Wildman–Crippen MR) is 93.2 cm³/mol. The lowest BCUT2D eigenvalue weighted by molar-refractivity contribution is -0.0500. The van der Waals surface area contributed by atoms with Gasteiger partial charge < -0.3 is 8.75 Å². The van der Waals surface area contributed by atoms with Gasteiger partial charge in [0.25, 0.3) is 5.56 Å². The van der Waals surface area contributed by atoms with Gasteiger partial charge in [0.1, 0.15) is 0 Å². The van der Waals surface area contributed by atoms with Gasteiger partial charge in [0.15, 0.2) is 0 Å². The molecule has 1 atom stereocenters. The molecule has 5 nitrogen and oxygen atoms in total. The summed E-state index contributed by atoms with van der Waals surface area (Å²) in [6.45, 7) is 2.01. The average Bonchev–Trinajstić information content (AvgIpc) is 2.59. The zero-order valence-electron chi connectivity index (χ0n) is 14.5. The zero-order chi connectivity index (χ0) is 19.8. The van der Waals surface area contributed by atoms with Crippen LogP contribution in [0.25, 0.3) is 0 Å². The first-order chi connectivity index (χ1) is 12.6. The van der Waals surface area contributed by atoms with Crippen molar-refractivity contribution in [1.82, 2.24) is 4.57 Å². The summed E-state index contributed by atoms with van der Waals surface area (Å²) in [6.07, 6.45) is 2.22. The van der Waals surface area contributed by atoms with Gasteiger partial charge in [-0.15, -0.1) is 0 Å². The molecule has 1 aliphatic rings. The van der Waals surface area contributed by atoms with Crippen LogP contribution >= 0.6 is 0 Å². The lowest BCUT2D eigenvalue weighted by Crippen LogP contribution is -2.34. The van der Waals surface area contributed by atoms with E-state index < -0.39 is 26.9 Å². The van der Waals surface area contributed by atoms with Crippen molar-refractivity contribution in [1.29, 1.82) is 0 Å². The van der Waals surface area contributed by atoms with Gasteiger partial charge in [-0.3, -0.25) is 4.79 Å². The molecule has 1 aromatic heterocycles. The molecule has 0 amide bonds. The predicted octanol–water partition coefficient (Wildman–Crippen LogP) is 3.56. The number of pyridine rings is 1. The van der Waals surface area contributed by atoms with Crippen molar-refractivity contribution in [3.8, 4) is 5.75 Å². The van der Waals surface area contributed by atoms with Crippen LogP contribution in [0.15, 0.2) is 41.2 Å². The van der Waals surface area contributed by atoms with Gasteiger partial charge in [-0.25, -0.2) is 0 Å². The molecule has 0 N–H and O–H groups in total. The molecule has 1 heterocycles. The van der Waals surface area contributed by atoms with Crippen LogP contribution in [0.2, 0.25) is 0 Å². The number of fused-ring (bicyclic) bond motifs is 1. The minimum absolute atomic E-state index is 0.0210. The number of hydrogen-bond donors (Lipinski definition) is 0. The van der Waals surface area contributed by atoms with Crippen molar-refractivity contribution in [2.75, 3.05) is 0 Å². The largest absolute Gasteiger partial charge is 0.534 e. The second kappa shape index (κ2) is 7.03. The highest BCUT2D eigenvalue weighted by Crippen LogP contribution is 2.34. The summed E-state index contributed by atoms with van der Waals surface area (Å²) >= 11 is 0. The molecular formula is C18H18F3NO4S. The zero-order valence-corrected chi connectivity index (χ0v) is 15.3. The molecule has 27 heavy (non-hydrogen) atoms. The lowest BCUT2D eigenvalue weighted by Gasteiger charge is -2.26. The third-order valence-electron chi connectivity index (χ3n) is 4.65. The summed E-state index contributed by atoms with van der Waals surface area (Å²) in [6, 6.07) is 10.1. The number of alkyl halides is 3.